The maximum absolute atomic E-state index is 13.5. The highest BCUT2D eigenvalue weighted by Crippen LogP contribution is 2.40. The van der Waals surface area contributed by atoms with Crippen molar-refractivity contribution in [3.05, 3.63) is 52.0 Å². The van der Waals surface area contributed by atoms with E-state index in [0.717, 1.165) is 30.4 Å². The number of rotatable bonds is 16. The average Bonchev–Trinajstić information content (AvgIpc) is 2.92. The Morgan fingerprint density at radius 3 is 2.29 bits per heavy atom. The third kappa shape index (κ3) is 10.5. The first kappa shape index (κ1) is 35.4. The van der Waals surface area contributed by atoms with Gasteiger partial charge in [-0.15, -0.1) is 0 Å². The number of methoxy groups -OCH3 is 2. The minimum atomic E-state index is -3.09. The first-order chi connectivity index (χ1) is 19.8. The molecule has 2 aromatic rings. The van der Waals surface area contributed by atoms with Crippen LogP contribution in [0, 0.1) is 0 Å². The quantitative estimate of drug-likeness (QED) is 0.154. The van der Waals surface area contributed by atoms with Crippen LogP contribution >= 0.6 is 11.6 Å². The number of esters is 1. The Hall–Kier alpha value is -2.78. The summed E-state index contributed by atoms with van der Waals surface area (Å²) in [5, 5.41) is 3.40. The highest BCUT2D eigenvalue weighted by atomic mass is 35.5. The van der Waals surface area contributed by atoms with Crippen LogP contribution in [-0.4, -0.2) is 52.6 Å². The standard InChI is InChI=1S/C32H46ClNO7S/c1-8-10-12-22(19-30(35)34-27-18-23(31(36)40-7)13-14-25(27)32(3,4)5)24-20-26(33)29(21-28(24)39-6)41-15-11-17-42(37,38)16-9-2/h13-14,18,20-22H,8-12,15-17,19H2,1-7H3,(H,34,35). The highest BCUT2D eigenvalue weighted by molar-refractivity contribution is 7.91. The zero-order chi connectivity index (χ0) is 31.5. The molecule has 234 valence electrons. The molecule has 42 heavy (non-hydrogen) atoms. The summed E-state index contributed by atoms with van der Waals surface area (Å²) < 4.78 is 40.4. The third-order valence-corrected chi connectivity index (χ3v) is 9.19. The fourth-order valence-electron chi connectivity index (χ4n) is 4.82. The number of amides is 1. The molecule has 2 rings (SSSR count). The van der Waals surface area contributed by atoms with Crippen molar-refractivity contribution in [3.63, 3.8) is 0 Å². The molecule has 0 saturated carbocycles. The summed E-state index contributed by atoms with van der Waals surface area (Å²) in [4.78, 5) is 25.6. The van der Waals surface area contributed by atoms with E-state index in [-0.39, 0.29) is 41.8 Å². The maximum Gasteiger partial charge on any atom is 0.337 e. The molecular formula is C32H46ClNO7S. The Bertz CT molecular complexity index is 1320. The van der Waals surface area contributed by atoms with Crippen LogP contribution in [-0.2, 0) is 24.8 Å². The molecule has 0 spiro atoms. The summed E-state index contributed by atoms with van der Waals surface area (Å²) in [6.45, 7) is 10.3. The maximum atomic E-state index is 13.5. The second-order valence-corrected chi connectivity index (χ2v) is 14.2. The lowest BCUT2D eigenvalue weighted by Gasteiger charge is -2.25. The Labute approximate surface area is 256 Å². The van der Waals surface area contributed by atoms with E-state index in [1.807, 2.05) is 33.8 Å². The SMILES string of the molecule is CCCCC(CC(=O)Nc1cc(C(=O)OC)ccc1C(C)(C)C)c1cc(Cl)c(OCCCS(=O)(=O)CCC)cc1OC. The number of unbranched alkanes of at least 4 members (excludes halogenated alkanes) is 1. The predicted molar refractivity (Wildman–Crippen MR) is 169 cm³/mol. The normalized spacial score (nSPS) is 12.5. The smallest absolute Gasteiger partial charge is 0.337 e. The van der Waals surface area contributed by atoms with Gasteiger partial charge in [0.25, 0.3) is 0 Å². The van der Waals surface area contributed by atoms with Crippen molar-refractivity contribution in [3.8, 4) is 11.5 Å². The van der Waals surface area contributed by atoms with Gasteiger partial charge in [0.1, 0.15) is 21.3 Å². The van der Waals surface area contributed by atoms with Crippen molar-refractivity contribution < 1.29 is 32.2 Å². The Kier molecular flexibility index (Phi) is 13.6. The van der Waals surface area contributed by atoms with Gasteiger partial charge in [-0.2, -0.15) is 0 Å². The van der Waals surface area contributed by atoms with E-state index in [1.165, 1.54) is 7.11 Å². The summed E-state index contributed by atoms with van der Waals surface area (Å²) in [7, 11) is -0.211. The van der Waals surface area contributed by atoms with E-state index in [1.54, 1.807) is 31.4 Å². The third-order valence-electron chi connectivity index (χ3n) is 6.96. The summed E-state index contributed by atoms with van der Waals surface area (Å²) in [6.07, 6.45) is 3.70. The molecule has 1 N–H and O–H groups in total. The van der Waals surface area contributed by atoms with Gasteiger partial charge in [0.05, 0.1) is 37.2 Å². The molecule has 10 heteroatoms. The molecular weight excluding hydrogens is 578 g/mol. The topological polar surface area (TPSA) is 108 Å². The van der Waals surface area contributed by atoms with Gasteiger partial charge in [-0.25, -0.2) is 13.2 Å². The number of anilines is 1. The van der Waals surface area contributed by atoms with Crippen molar-refractivity contribution >= 4 is 39.0 Å². The summed E-state index contributed by atoms with van der Waals surface area (Å²) in [6, 6.07) is 8.68. The van der Waals surface area contributed by atoms with E-state index in [4.69, 9.17) is 25.8 Å². The van der Waals surface area contributed by atoms with Crippen LogP contribution in [0.15, 0.2) is 30.3 Å². The van der Waals surface area contributed by atoms with Gasteiger partial charge in [0, 0.05) is 23.9 Å². The van der Waals surface area contributed by atoms with Crippen LogP contribution in [0.25, 0.3) is 0 Å². The number of carbonyl (C=O) groups is 2. The fourth-order valence-corrected chi connectivity index (χ4v) is 6.43. The van der Waals surface area contributed by atoms with Crippen molar-refractivity contribution in [2.45, 2.75) is 84.5 Å². The molecule has 0 aromatic heterocycles. The minimum absolute atomic E-state index is 0.0569. The van der Waals surface area contributed by atoms with Gasteiger partial charge in [-0.1, -0.05) is 65.1 Å². The molecule has 0 aliphatic rings. The largest absolute Gasteiger partial charge is 0.496 e. The van der Waals surface area contributed by atoms with E-state index in [0.29, 0.717) is 40.6 Å². The number of halogens is 1. The molecule has 0 aliphatic carbocycles. The van der Waals surface area contributed by atoms with Crippen LogP contribution in [0.1, 0.15) is 101 Å². The van der Waals surface area contributed by atoms with Gasteiger partial charge >= 0.3 is 5.97 Å². The number of nitrogens with one attached hydrogen (secondary N) is 1. The zero-order valence-corrected chi connectivity index (χ0v) is 27.5. The molecule has 0 heterocycles. The first-order valence-electron chi connectivity index (χ1n) is 14.5. The number of sulfone groups is 1. The van der Waals surface area contributed by atoms with Gasteiger partial charge in [0.2, 0.25) is 5.91 Å². The van der Waals surface area contributed by atoms with E-state index in [9.17, 15) is 18.0 Å². The van der Waals surface area contributed by atoms with Crippen molar-refractivity contribution in [2.24, 2.45) is 0 Å². The summed E-state index contributed by atoms with van der Waals surface area (Å²) in [5.41, 5.74) is 2.35. The molecule has 1 atom stereocenters. The molecule has 8 nitrogen and oxygen atoms in total. The molecule has 2 aromatic carbocycles. The highest BCUT2D eigenvalue weighted by Gasteiger charge is 2.25. The van der Waals surface area contributed by atoms with Crippen LogP contribution < -0.4 is 14.8 Å². The van der Waals surface area contributed by atoms with Gasteiger partial charge in [0.15, 0.2) is 0 Å². The molecule has 0 saturated heterocycles. The van der Waals surface area contributed by atoms with Crippen LogP contribution in [0.3, 0.4) is 0 Å². The van der Waals surface area contributed by atoms with Crippen LogP contribution in [0.2, 0.25) is 5.02 Å². The second-order valence-electron chi connectivity index (χ2n) is 11.5. The lowest BCUT2D eigenvalue weighted by Crippen LogP contribution is -2.21. The molecule has 0 aliphatic heterocycles. The lowest BCUT2D eigenvalue weighted by molar-refractivity contribution is -0.116. The predicted octanol–water partition coefficient (Wildman–Crippen LogP) is 7.33. The Morgan fingerprint density at radius 1 is 0.976 bits per heavy atom. The number of hydrogen-bond donors (Lipinski definition) is 1. The zero-order valence-electron chi connectivity index (χ0n) is 26.0. The molecule has 0 radical (unpaired) electrons. The van der Waals surface area contributed by atoms with E-state index in [2.05, 4.69) is 12.2 Å². The summed E-state index contributed by atoms with van der Waals surface area (Å²) in [5.74, 6) is 0.306. The number of benzene rings is 2. The molecule has 0 bridgehead atoms. The van der Waals surface area contributed by atoms with E-state index < -0.39 is 15.8 Å². The van der Waals surface area contributed by atoms with Crippen molar-refractivity contribution in [2.75, 3.05) is 37.6 Å². The Balaban J connectivity index is 2.29. The molecule has 1 amide bonds. The average molecular weight is 624 g/mol. The van der Waals surface area contributed by atoms with Crippen molar-refractivity contribution in [1.82, 2.24) is 0 Å². The monoisotopic (exact) mass is 623 g/mol. The second kappa shape index (κ2) is 16.2. The number of carbonyl (C=O) groups excluding carboxylic acids is 2. The van der Waals surface area contributed by atoms with Gasteiger partial charge in [-0.3, -0.25) is 4.79 Å². The Morgan fingerprint density at radius 2 is 1.69 bits per heavy atom. The van der Waals surface area contributed by atoms with Crippen molar-refractivity contribution in [1.29, 1.82) is 0 Å². The number of ether oxygens (including phenoxy) is 3. The number of hydrogen-bond acceptors (Lipinski definition) is 7. The van der Waals surface area contributed by atoms with E-state index >= 15 is 0 Å². The minimum Gasteiger partial charge on any atom is -0.496 e. The fraction of sp³-hybridized carbons (Fsp3) is 0.562. The molecule has 1 unspecified atom stereocenters. The van der Waals surface area contributed by atoms with Crippen LogP contribution in [0.5, 0.6) is 11.5 Å². The lowest BCUT2D eigenvalue weighted by atomic mass is 9.85. The van der Waals surface area contributed by atoms with Crippen LogP contribution in [0.4, 0.5) is 5.69 Å². The summed E-state index contributed by atoms with van der Waals surface area (Å²) >= 11 is 6.61. The molecule has 0 fully saturated rings. The first-order valence-corrected chi connectivity index (χ1v) is 16.7. The van der Waals surface area contributed by atoms with Gasteiger partial charge < -0.3 is 19.5 Å². The van der Waals surface area contributed by atoms with Gasteiger partial charge in [-0.05, 0) is 59.9 Å².